The first-order chi connectivity index (χ1) is 18.4. The molecule has 39 heavy (non-hydrogen) atoms. The van der Waals surface area contributed by atoms with Crippen LogP contribution in [0.1, 0.15) is 49.4 Å². The van der Waals surface area contributed by atoms with Crippen LogP contribution < -0.4 is 9.62 Å². The number of benzene rings is 3. The number of amides is 2. The normalized spacial score (nSPS) is 12.9. The van der Waals surface area contributed by atoms with Crippen LogP contribution in [0.25, 0.3) is 0 Å². The fourth-order valence-corrected chi connectivity index (χ4v) is 5.49. The Morgan fingerprint density at radius 3 is 2.00 bits per heavy atom. The number of hydrogen-bond acceptors (Lipinski definition) is 4. The van der Waals surface area contributed by atoms with Gasteiger partial charge in [-0.2, -0.15) is 0 Å². The molecule has 0 saturated carbocycles. The van der Waals surface area contributed by atoms with Crippen molar-refractivity contribution < 1.29 is 18.0 Å². The van der Waals surface area contributed by atoms with Gasteiger partial charge in [-0.05, 0) is 76.4 Å². The van der Waals surface area contributed by atoms with Crippen molar-refractivity contribution >= 4 is 27.5 Å². The Morgan fingerprint density at radius 1 is 0.846 bits per heavy atom. The Kier molecular flexibility index (Phi) is 9.92. The van der Waals surface area contributed by atoms with Crippen LogP contribution >= 0.6 is 0 Å². The van der Waals surface area contributed by atoms with Gasteiger partial charge in [-0.3, -0.25) is 13.9 Å². The van der Waals surface area contributed by atoms with Crippen LogP contribution in [-0.2, 0) is 26.2 Å². The fourth-order valence-electron chi connectivity index (χ4n) is 4.09. The maximum atomic E-state index is 14.0. The topological polar surface area (TPSA) is 86.8 Å². The zero-order valence-corrected chi connectivity index (χ0v) is 24.5. The monoisotopic (exact) mass is 549 g/mol. The SMILES string of the molecule is CC[C@@H](C)NC(=O)[C@H](C)N(Cc1ccc(C)cc1)C(=O)CN(c1cccc(C)c1)S(=O)(=O)c1ccc(C)cc1. The van der Waals surface area contributed by atoms with Crippen LogP contribution in [0.5, 0.6) is 0 Å². The van der Waals surface area contributed by atoms with Crippen molar-refractivity contribution in [2.75, 3.05) is 10.8 Å². The van der Waals surface area contributed by atoms with Gasteiger partial charge in [0.05, 0.1) is 10.6 Å². The van der Waals surface area contributed by atoms with E-state index >= 15 is 0 Å². The molecule has 0 aliphatic heterocycles. The summed E-state index contributed by atoms with van der Waals surface area (Å²) in [6.07, 6.45) is 0.750. The number of nitrogens with one attached hydrogen (secondary N) is 1. The number of hydrogen-bond donors (Lipinski definition) is 1. The summed E-state index contributed by atoms with van der Waals surface area (Å²) in [6.45, 7) is 11.0. The van der Waals surface area contributed by atoms with Gasteiger partial charge in [0, 0.05) is 12.6 Å². The number of nitrogens with zero attached hydrogens (tertiary/aromatic N) is 2. The molecule has 8 heteroatoms. The first-order valence-corrected chi connectivity index (χ1v) is 14.7. The molecule has 0 saturated heterocycles. The fraction of sp³-hybridized carbons (Fsp3) is 0.355. The quantitative estimate of drug-likeness (QED) is 0.359. The summed E-state index contributed by atoms with van der Waals surface area (Å²) in [5, 5.41) is 2.95. The van der Waals surface area contributed by atoms with Crippen molar-refractivity contribution in [3.05, 3.63) is 95.1 Å². The van der Waals surface area contributed by atoms with Crippen LogP contribution in [0.4, 0.5) is 5.69 Å². The molecule has 0 fully saturated rings. The lowest BCUT2D eigenvalue weighted by atomic mass is 10.1. The molecule has 0 spiro atoms. The molecule has 3 aromatic rings. The molecule has 3 aromatic carbocycles. The molecule has 7 nitrogen and oxygen atoms in total. The van der Waals surface area contributed by atoms with Crippen molar-refractivity contribution in [3.63, 3.8) is 0 Å². The van der Waals surface area contributed by atoms with E-state index < -0.39 is 28.5 Å². The first-order valence-electron chi connectivity index (χ1n) is 13.2. The molecule has 0 aliphatic carbocycles. The van der Waals surface area contributed by atoms with E-state index in [-0.39, 0.29) is 23.4 Å². The van der Waals surface area contributed by atoms with Gasteiger partial charge in [0.2, 0.25) is 11.8 Å². The molecule has 0 unspecified atom stereocenters. The summed E-state index contributed by atoms with van der Waals surface area (Å²) in [5.41, 5.74) is 4.10. The van der Waals surface area contributed by atoms with Crippen molar-refractivity contribution in [1.82, 2.24) is 10.2 Å². The molecular weight excluding hydrogens is 510 g/mol. The van der Waals surface area contributed by atoms with E-state index in [0.717, 1.165) is 33.0 Å². The molecule has 3 rings (SSSR count). The number of anilines is 1. The average Bonchev–Trinajstić information content (AvgIpc) is 2.90. The van der Waals surface area contributed by atoms with E-state index in [4.69, 9.17) is 0 Å². The lowest BCUT2D eigenvalue weighted by Gasteiger charge is -2.32. The Bertz CT molecular complexity index is 1390. The van der Waals surface area contributed by atoms with Crippen LogP contribution in [-0.4, -0.2) is 43.8 Å². The summed E-state index contributed by atoms with van der Waals surface area (Å²) in [5.74, 6) is -0.757. The molecule has 0 bridgehead atoms. The maximum absolute atomic E-state index is 14.0. The van der Waals surface area contributed by atoms with Gasteiger partial charge in [-0.15, -0.1) is 0 Å². The zero-order chi connectivity index (χ0) is 28.7. The van der Waals surface area contributed by atoms with Crippen molar-refractivity contribution in [1.29, 1.82) is 0 Å². The molecule has 2 amide bonds. The van der Waals surface area contributed by atoms with Gasteiger partial charge in [0.15, 0.2) is 0 Å². The molecule has 1 N–H and O–H groups in total. The molecule has 0 radical (unpaired) electrons. The average molecular weight is 550 g/mol. The highest BCUT2D eigenvalue weighted by Crippen LogP contribution is 2.25. The van der Waals surface area contributed by atoms with Crippen molar-refractivity contribution in [2.45, 2.75) is 71.5 Å². The van der Waals surface area contributed by atoms with E-state index in [1.165, 1.54) is 4.90 Å². The summed E-state index contributed by atoms with van der Waals surface area (Å²) >= 11 is 0. The largest absolute Gasteiger partial charge is 0.352 e. The predicted molar refractivity (Wildman–Crippen MR) is 156 cm³/mol. The molecule has 2 atom stereocenters. The second kappa shape index (κ2) is 12.9. The van der Waals surface area contributed by atoms with E-state index in [9.17, 15) is 18.0 Å². The lowest BCUT2D eigenvalue weighted by Crippen LogP contribution is -2.52. The standard InChI is InChI=1S/C31H39N3O4S/c1-7-25(5)32-31(36)26(6)33(20-27-15-11-22(2)12-16-27)30(35)21-34(28-10-8-9-24(4)19-28)39(37,38)29-17-13-23(3)14-18-29/h8-19,25-26H,7,20-21H2,1-6H3,(H,32,36)/t25-,26+/m1/s1. The van der Waals surface area contributed by atoms with Gasteiger partial charge in [-0.1, -0.05) is 66.6 Å². The third-order valence-electron chi connectivity index (χ3n) is 6.82. The maximum Gasteiger partial charge on any atom is 0.264 e. The molecule has 0 aliphatic rings. The Hall–Kier alpha value is -3.65. The van der Waals surface area contributed by atoms with Gasteiger partial charge in [0.25, 0.3) is 10.0 Å². The van der Waals surface area contributed by atoms with Crippen LogP contribution in [0.15, 0.2) is 77.7 Å². The van der Waals surface area contributed by atoms with Gasteiger partial charge >= 0.3 is 0 Å². The van der Waals surface area contributed by atoms with E-state index in [2.05, 4.69) is 5.32 Å². The van der Waals surface area contributed by atoms with Crippen LogP contribution in [0.3, 0.4) is 0 Å². The highest BCUT2D eigenvalue weighted by molar-refractivity contribution is 7.92. The van der Waals surface area contributed by atoms with Gasteiger partial charge < -0.3 is 10.2 Å². The highest BCUT2D eigenvalue weighted by atomic mass is 32.2. The van der Waals surface area contributed by atoms with E-state index in [0.29, 0.717) is 5.69 Å². The Labute approximate surface area is 232 Å². The van der Waals surface area contributed by atoms with Crippen molar-refractivity contribution in [2.24, 2.45) is 0 Å². The zero-order valence-electron chi connectivity index (χ0n) is 23.6. The number of sulfonamides is 1. The third-order valence-corrected chi connectivity index (χ3v) is 8.61. The van der Waals surface area contributed by atoms with Crippen LogP contribution in [0, 0.1) is 20.8 Å². The summed E-state index contributed by atoms with van der Waals surface area (Å²) in [6, 6.07) is 20.5. The van der Waals surface area contributed by atoms with Gasteiger partial charge in [-0.25, -0.2) is 8.42 Å². The predicted octanol–water partition coefficient (Wildman–Crippen LogP) is 5.14. The summed E-state index contributed by atoms with van der Waals surface area (Å²) in [4.78, 5) is 28.6. The molecule has 0 aromatic heterocycles. The third kappa shape index (κ3) is 7.69. The molecular formula is C31H39N3O4S. The van der Waals surface area contributed by atoms with E-state index in [1.807, 2.05) is 65.0 Å². The minimum absolute atomic E-state index is 0.0537. The first kappa shape index (κ1) is 29.9. The number of aryl methyl sites for hydroxylation is 3. The molecule has 208 valence electrons. The highest BCUT2D eigenvalue weighted by Gasteiger charge is 2.32. The number of carbonyl (C=O) groups excluding carboxylic acids is 2. The minimum atomic E-state index is -4.08. The number of carbonyl (C=O) groups is 2. The smallest absolute Gasteiger partial charge is 0.264 e. The second-order valence-corrected chi connectivity index (χ2v) is 12.0. The second-order valence-electron chi connectivity index (χ2n) is 10.2. The Morgan fingerprint density at radius 2 is 1.44 bits per heavy atom. The van der Waals surface area contributed by atoms with Gasteiger partial charge in [0.1, 0.15) is 12.6 Å². The minimum Gasteiger partial charge on any atom is -0.352 e. The number of rotatable bonds is 11. The summed E-state index contributed by atoms with van der Waals surface area (Å²) < 4.78 is 28.9. The Balaban J connectivity index is 2.02. The lowest BCUT2D eigenvalue weighted by molar-refractivity contribution is -0.139. The molecule has 0 heterocycles. The van der Waals surface area contributed by atoms with E-state index in [1.54, 1.807) is 49.4 Å². The summed E-state index contributed by atoms with van der Waals surface area (Å²) in [7, 11) is -4.08. The van der Waals surface area contributed by atoms with Crippen LogP contribution in [0.2, 0.25) is 0 Å². The van der Waals surface area contributed by atoms with Crippen molar-refractivity contribution in [3.8, 4) is 0 Å².